The molecule has 0 heterocycles. The second-order valence-corrected chi connectivity index (χ2v) is 16.0. The van der Waals surface area contributed by atoms with Crippen molar-refractivity contribution in [3.63, 3.8) is 0 Å². The average Bonchev–Trinajstić information content (AvgIpc) is 3.23. The molecule has 6 heteroatoms. The first-order valence-electron chi connectivity index (χ1n) is 24.4. The number of rotatable bonds is 43. The fourth-order valence-corrected chi connectivity index (χ4v) is 6.50. The van der Waals surface area contributed by atoms with Crippen molar-refractivity contribution < 1.29 is 28.6 Å². The van der Waals surface area contributed by atoms with Crippen molar-refractivity contribution in [1.29, 1.82) is 0 Å². The zero-order valence-electron chi connectivity index (χ0n) is 38.5. The van der Waals surface area contributed by atoms with Crippen LogP contribution >= 0.6 is 0 Å². The maximum atomic E-state index is 12.7. The molecule has 0 amide bonds. The molecule has 0 spiro atoms. The van der Waals surface area contributed by atoms with E-state index in [2.05, 4.69) is 87.6 Å². The molecule has 0 aromatic carbocycles. The molecule has 0 N–H and O–H groups in total. The summed E-state index contributed by atoms with van der Waals surface area (Å²) in [6.07, 6.45) is 59.0. The second-order valence-electron chi connectivity index (χ2n) is 16.0. The molecule has 6 nitrogen and oxygen atoms in total. The third kappa shape index (κ3) is 45.8. The van der Waals surface area contributed by atoms with Gasteiger partial charge in [0.2, 0.25) is 0 Å². The Morgan fingerprint density at radius 1 is 0.356 bits per heavy atom. The quantitative estimate of drug-likeness (QED) is 0.0264. The van der Waals surface area contributed by atoms with E-state index in [-0.39, 0.29) is 31.6 Å². The molecule has 0 rings (SSSR count). The third-order valence-corrected chi connectivity index (χ3v) is 10.2. The Kier molecular flexibility index (Phi) is 45.0. The Morgan fingerprint density at radius 3 is 1.15 bits per heavy atom. The van der Waals surface area contributed by atoms with Crippen LogP contribution in [0, 0.1) is 0 Å². The van der Waals surface area contributed by atoms with Crippen LogP contribution in [0.3, 0.4) is 0 Å². The topological polar surface area (TPSA) is 78.9 Å². The largest absolute Gasteiger partial charge is 0.462 e. The molecule has 338 valence electrons. The SMILES string of the molecule is CC/C=C\C/C=C\C/C=C\CCCCC(=O)OCC(COC(=O)CCCCCCC/C=C\CCCCCCCCC)OC(=O)CC/C=C\C/C=C\CCCCCCCC. The summed E-state index contributed by atoms with van der Waals surface area (Å²) >= 11 is 0. The summed E-state index contributed by atoms with van der Waals surface area (Å²) in [6, 6.07) is 0. The number of hydrogen-bond donors (Lipinski definition) is 0. The van der Waals surface area contributed by atoms with Crippen LogP contribution in [-0.4, -0.2) is 37.2 Å². The van der Waals surface area contributed by atoms with E-state index in [1.54, 1.807) is 0 Å². The maximum absolute atomic E-state index is 12.7. The first-order chi connectivity index (χ1) is 29.0. The van der Waals surface area contributed by atoms with Gasteiger partial charge in [0.25, 0.3) is 0 Å². The summed E-state index contributed by atoms with van der Waals surface area (Å²) < 4.78 is 16.6. The summed E-state index contributed by atoms with van der Waals surface area (Å²) in [6.45, 7) is 6.41. The number of unbranched alkanes of at least 4 members (excludes halogenated alkanes) is 20. The number of hydrogen-bond acceptors (Lipinski definition) is 6. The molecule has 0 fully saturated rings. The van der Waals surface area contributed by atoms with E-state index in [4.69, 9.17) is 14.2 Å². The van der Waals surface area contributed by atoms with Gasteiger partial charge in [0.05, 0.1) is 0 Å². The van der Waals surface area contributed by atoms with Gasteiger partial charge in [0.15, 0.2) is 6.10 Å². The minimum Gasteiger partial charge on any atom is -0.462 e. The van der Waals surface area contributed by atoms with Gasteiger partial charge in [0.1, 0.15) is 13.2 Å². The lowest BCUT2D eigenvalue weighted by Gasteiger charge is -2.18. The molecule has 0 bridgehead atoms. The van der Waals surface area contributed by atoms with Crippen LogP contribution in [0.2, 0.25) is 0 Å². The van der Waals surface area contributed by atoms with Gasteiger partial charge < -0.3 is 14.2 Å². The Morgan fingerprint density at radius 2 is 0.695 bits per heavy atom. The molecule has 1 unspecified atom stereocenters. The zero-order chi connectivity index (χ0) is 43.0. The normalized spacial score (nSPS) is 12.7. The molecular weight excluding hydrogens is 733 g/mol. The summed E-state index contributed by atoms with van der Waals surface area (Å²) in [5.41, 5.74) is 0. The van der Waals surface area contributed by atoms with E-state index < -0.39 is 12.1 Å². The summed E-state index contributed by atoms with van der Waals surface area (Å²) in [7, 11) is 0. The van der Waals surface area contributed by atoms with Crippen molar-refractivity contribution >= 4 is 17.9 Å². The van der Waals surface area contributed by atoms with Crippen LogP contribution in [0.1, 0.15) is 226 Å². The molecule has 0 radical (unpaired) electrons. The van der Waals surface area contributed by atoms with Crippen molar-refractivity contribution in [2.45, 2.75) is 232 Å². The van der Waals surface area contributed by atoms with Crippen LogP contribution < -0.4 is 0 Å². The molecule has 0 saturated heterocycles. The van der Waals surface area contributed by atoms with Gasteiger partial charge in [-0.1, -0.05) is 184 Å². The predicted octanol–water partition coefficient (Wildman–Crippen LogP) is 15.9. The van der Waals surface area contributed by atoms with Gasteiger partial charge in [-0.3, -0.25) is 14.4 Å². The highest BCUT2D eigenvalue weighted by Gasteiger charge is 2.19. The van der Waals surface area contributed by atoms with Crippen LogP contribution in [0.15, 0.2) is 72.9 Å². The molecule has 59 heavy (non-hydrogen) atoms. The summed E-state index contributed by atoms with van der Waals surface area (Å²) in [4.78, 5) is 37.8. The molecule has 0 aromatic heterocycles. The van der Waals surface area contributed by atoms with Crippen molar-refractivity contribution in [3.8, 4) is 0 Å². The van der Waals surface area contributed by atoms with Crippen LogP contribution in [0.4, 0.5) is 0 Å². The first-order valence-corrected chi connectivity index (χ1v) is 24.4. The van der Waals surface area contributed by atoms with Crippen molar-refractivity contribution in [2.75, 3.05) is 13.2 Å². The van der Waals surface area contributed by atoms with Gasteiger partial charge in [-0.05, 0) is 96.3 Å². The van der Waals surface area contributed by atoms with Gasteiger partial charge in [0, 0.05) is 19.3 Å². The summed E-state index contributed by atoms with van der Waals surface area (Å²) in [5, 5.41) is 0. The van der Waals surface area contributed by atoms with E-state index in [1.165, 1.54) is 96.3 Å². The van der Waals surface area contributed by atoms with E-state index in [9.17, 15) is 14.4 Å². The minimum absolute atomic E-state index is 0.115. The summed E-state index contributed by atoms with van der Waals surface area (Å²) in [5.74, 6) is -1.03. The lowest BCUT2D eigenvalue weighted by molar-refractivity contribution is -0.166. The number of esters is 3. The fourth-order valence-electron chi connectivity index (χ4n) is 6.50. The van der Waals surface area contributed by atoms with Crippen molar-refractivity contribution in [3.05, 3.63) is 72.9 Å². The number of ether oxygens (including phenoxy) is 3. The van der Waals surface area contributed by atoms with Gasteiger partial charge in [-0.2, -0.15) is 0 Å². The molecule has 1 atom stereocenters. The first kappa shape index (κ1) is 55.9. The highest BCUT2D eigenvalue weighted by Crippen LogP contribution is 2.12. The highest BCUT2D eigenvalue weighted by atomic mass is 16.6. The molecule has 0 aliphatic carbocycles. The van der Waals surface area contributed by atoms with Crippen LogP contribution in [0.25, 0.3) is 0 Å². The van der Waals surface area contributed by atoms with Gasteiger partial charge in [-0.25, -0.2) is 0 Å². The predicted molar refractivity (Wildman–Crippen MR) is 251 cm³/mol. The van der Waals surface area contributed by atoms with E-state index in [1.807, 2.05) is 6.08 Å². The van der Waals surface area contributed by atoms with Crippen LogP contribution in [-0.2, 0) is 28.6 Å². The number of allylic oxidation sites excluding steroid dienone is 12. The molecule has 0 aliphatic heterocycles. The van der Waals surface area contributed by atoms with E-state index in [0.717, 1.165) is 83.5 Å². The van der Waals surface area contributed by atoms with Crippen LogP contribution in [0.5, 0.6) is 0 Å². The van der Waals surface area contributed by atoms with Gasteiger partial charge >= 0.3 is 17.9 Å². The number of carbonyl (C=O) groups is 3. The third-order valence-electron chi connectivity index (χ3n) is 10.2. The smallest absolute Gasteiger partial charge is 0.306 e. The Labute approximate surface area is 363 Å². The Hall–Kier alpha value is -3.15. The molecule has 0 aromatic rings. The fraction of sp³-hybridized carbons (Fsp3) is 0.717. The average molecular weight is 823 g/mol. The molecule has 0 aliphatic rings. The van der Waals surface area contributed by atoms with E-state index >= 15 is 0 Å². The minimum atomic E-state index is -0.823. The lowest BCUT2D eigenvalue weighted by atomic mass is 10.1. The van der Waals surface area contributed by atoms with Crippen molar-refractivity contribution in [1.82, 2.24) is 0 Å². The zero-order valence-corrected chi connectivity index (χ0v) is 38.5. The second kappa shape index (κ2) is 47.5. The monoisotopic (exact) mass is 823 g/mol. The Balaban J connectivity index is 4.49. The maximum Gasteiger partial charge on any atom is 0.306 e. The molecular formula is C53H90O6. The van der Waals surface area contributed by atoms with Gasteiger partial charge in [-0.15, -0.1) is 0 Å². The number of carbonyl (C=O) groups excluding carboxylic acids is 3. The Bertz CT molecular complexity index is 1130. The lowest BCUT2D eigenvalue weighted by Crippen LogP contribution is -2.30. The van der Waals surface area contributed by atoms with Crippen molar-refractivity contribution in [2.24, 2.45) is 0 Å². The molecule has 0 saturated carbocycles. The van der Waals surface area contributed by atoms with E-state index in [0.29, 0.717) is 19.3 Å². The standard InChI is InChI=1S/C53H90O6/c1-4-7-10-13-16-19-22-25-26-27-29-31-34-37-40-43-46-52(55)58-49-50(48-57-51(54)45-42-39-36-33-30-24-21-18-15-12-9-6-3)59-53(56)47-44-41-38-35-32-28-23-20-17-14-11-8-5-2/h9,12,18,21,26-28,30,32-33,38,41,50H,4-8,10-11,13-17,19-20,22-25,29,31,34-37,39-40,42-49H2,1-3H3/b12-9-,21-18-,27-26-,32-28-,33-30-,41-38-. The highest BCUT2D eigenvalue weighted by molar-refractivity contribution is 5.71.